The number of hydrogen-bond acceptors (Lipinski definition) is 4. The van der Waals surface area contributed by atoms with Crippen LogP contribution >= 0.6 is 0 Å². The molecule has 0 spiro atoms. The maximum atomic E-state index is 12.3. The zero-order valence-corrected chi connectivity index (χ0v) is 12.6. The van der Waals surface area contributed by atoms with Gasteiger partial charge >= 0.3 is 0 Å². The van der Waals surface area contributed by atoms with Gasteiger partial charge in [0, 0.05) is 13.0 Å². The summed E-state index contributed by atoms with van der Waals surface area (Å²) in [5.74, 6) is 0.758. The van der Waals surface area contributed by atoms with E-state index in [1.54, 1.807) is 31.4 Å². The molecule has 0 unspecified atom stereocenters. The lowest BCUT2D eigenvalue weighted by Gasteiger charge is -2.27. The van der Waals surface area contributed by atoms with Crippen molar-refractivity contribution >= 4 is 10.1 Å². The Bertz CT molecular complexity index is 578. The summed E-state index contributed by atoms with van der Waals surface area (Å²) in [4.78, 5) is 0.236. The molecule has 0 radical (unpaired) electrons. The monoisotopic (exact) mass is 296 g/mol. The summed E-state index contributed by atoms with van der Waals surface area (Å²) < 4.78 is 35.5. The van der Waals surface area contributed by atoms with Crippen molar-refractivity contribution in [3.8, 4) is 0 Å². The molecular formula is C15H20O4S. The standard InChI is InChI=1S/C15H20O4S/c1-10-3-5-12(6-4-10)20(16,17)19-15-9-11-7-13(15)14(8-11)18-2/h3-6,11,13-15H,7-9H2,1-2H3/t11-,13+,14-,15-/m1/s1. The van der Waals surface area contributed by atoms with Crippen LogP contribution in [0.25, 0.3) is 0 Å². The van der Waals surface area contributed by atoms with Crippen LogP contribution in [0.2, 0.25) is 0 Å². The summed E-state index contributed by atoms with van der Waals surface area (Å²) in [6, 6.07) is 6.78. The SMILES string of the molecule is CO[C@@H]1C[C@H]2C[C@@H]1[C@H](OS(=O)(=O)c1ccc(C)cc1)C2. The Morgan fingerprint density at radius 2 is 1.70 bits per heavy atom. The van der Waals surface area contributed by atoms with E-state index in [1.165, 1.54) is 0 Å². The van der Waals surface area contributed by atoms with Gasteiger partial charge in [-0.25, -0.2) is 0 Å². The molecule has 1 aromatic rings. The lowest BCUT2D eigenvalue weighted by Crippen LogP contribution is -2.33. The van der Waals surface area contributed by atoms with Crippen molar-refractivity contribution in [2.24, 2.45) is 11.8 Å². The van der Waals surface area contributed by atoms with Crippen molar-refractivity contribution in [2.75, 3.05) is 7.11 Å². The zero-order valence-electron chi connectivity index (χ0n) is 11.8. The molecule has 0 amide bonds. The van der Waals surface area contributed by atoms with E-state index in [2.05, 4.69) is 0 Å². The second kappa shape index (κ2) is 5.13. The maximum absolute atomic E-state index is 12.3. The van der Waals surface area contributed by atoms with Crippen molar-refractivity contribution in [1.82, 2.24) is 0 Å². The highest BCUT2D eigenvalue weighted by molar-refractivity contribution is 7.86. The molecule has 4 atom stereocenters. The number of fused-ring (bicyclic) bond motifs is 2. The number of aryl methyl sites for hydroxylation is 1. The van der Waals surface area contributed by atoms with Crippen molar-refractivity contribution in [3.63, 3.8) is 0 Å². The summed E-state index contributed by atoms with van der Waals surface area (Å²) in [6.45, 7) is 1.93. The molecule has 3 rings (SSSR count). The van der Waals surface area contributed by atoms with Crippen LogP contribution in [0, 0.1) is 18.8 Å². The minimum atomic E-state index is -3.67. The van der Waals surface area contributed by atoms with E-state index in [4.69, 9.17) is 8.92 Å². The molecule has 2 aliphatic rings. The van der Waals surface area contributed by atoms with Gasteiger partial charge in [-0.15, -0.1) is 0 Å². The largest absolute Gasteiger partial charge is 0.381 e. The van der Waals surface area contributed by atoms with Gasteiger partial charge in [0.25, 0.3) is 10.1 Å². The fraction of sp³-hybridized carbons (Fsp3) is 0.600. The smallest absolute Gasteiger partial charge is 0.297 e. The highest BCUT2D eigenvalue weighted by Crippen LogP contribution is 2.48. The zero-order chi connectivity index (χ0) is 14.3. The van der Waals surface area contributed by atoms with Gasteiger partial charge in [-0.1, -0.05) is 17.7 Å². The van der Waals surface area contributed by atoms with E-state index >= 15 is 0 Å². The second-order valence-electron chi connectivity index (χ2n) is 5.91. The van der Waals surface area contributed by atoms with Gasteiger partial charge in [-0.05, 0) is 44.2 Å². The fourth-order valence-electron chi connectivity index (χ4n) is 3.53. The molecule has 0 aromatic heterocycles. The van der Waals surface area contributed by atoms with Crippen LogP contribution in [0.4, 0.5) is 0 Å². The molecule has 2 fully saturated rings. The molecule has 20 heavy (non-hydrogen) atoms. The minimum Gasteiger partial charge on any atom is -0.381 e. The fourth-order valence-corrected chi connectivity index (χ4v) is 4.66. The van der Waals surface area contributed by atoms with Crippen molar-refractivity contribution < 1.29 is 17.3 Å². The first-order chi connectivity index (χ1) is 9.49. The van der Waals surface area contributed by atoms with E-state index in [0.717, 1.165) is 24.8 Å². The lowest BCUT2D eigenvalue weighted by atomic mass is 9.95. The first-order valence-corrected chi connectivity index (χ1v) is 8.43. The highest BCUT2D eigenvalue weighted by atomic mass is 32.2. The third kappa shape index (κ3) is 2.50. The van der Waals surface area contributed by atoms with Gasteiger partial charge in [-0.3, -0.25) is 4.18 Å². The summed E-state index contributed by atoms with van der Waals surface area (Å²) in [6.07, 6.45) is 2.80. The van der Waals surface area contributed by atoms with Crippen molar-refractivity contribution in [2.45, 2.75) is 43.3 Å². The van der Waals surface area contributed by atoms with E-state index in [1.807, 2.05) is 6.92 Å². The van der Waals surface area contributed by atoms with E-state index in [9.17, 15) is 8.42 Å². The molecule has 0 saturated heterocycles. The Morgan fingerprint density at radius 1 is 1.05 bits per heavy atom. The topological polar surface area (TPSA) is 52.6 Å². The molecule has 0 aliphatic heterocycles. The van der Waals surface area contributed by atoms with E-state index < -0.39 is 10.1 Å². The first-order valence-electron chi connectivity index (χ1n) is 7.02. The van der Waals surface area contributed by atoms with Crippen molar-refractivity contribution in [1.29, 1.82) is 0 Å². The molecule has 2 saturated carbocycles. The van der Waals surface area contributed by atoms with Gasteiger partial charge in [-0.2, -0.15) is 8.42 Å². The van der Waals surface area contributed by atoms with E-state index in [0.29, 0.717) is 5.92 Å². The molecular weight excluding hydrogens is 276 g/mol. The van der Waals surface area contributed by atoms with Gasteiger partial charge in [0.15, 0.2) is 0 Å². The average Bonchev–Trinajstić information content (AvgIpc) is 2.97. The molecule has 0 heterocycles. The molecule has 110 valence electrons. The maximum Gasteiger partial charge on any atom is 0.297 e. The van der Waals surface area contributed by atoms with Gasteiger partial charge in [0.1, 0.15) is 0 Å². The number of hydrogen-bond donors (Lipinski definition) is 0. The Hall–Kier alpha value is -0.910. The van der Waals surface area contributed by atoms with Gasteiger partial charge < -0.3 is 4.74 Å². The summed E-state index contributed by atoms with van der Waals surface area (Å²) in [5.41, 5.74) is 1.03. The average molecular weight is 296 g/mol. The quantitative estimate of drug-likeness (QED) is 0.801. The molecule has 2 aliphatic carbocycles. The Morgan fingerprint density at radius 3 is 2.30 bits per heavy atom. The molecule has 4 nitrogen and oxygen atoms in total. The van der Waals surface area contributed by atoms with Crippen LogP contribution < -0.4 is 0 Å². The number of benzene rings is 1. The Balaban J connectivity index is 1.76. The van der Waals surface area contributed by atoms with Crippen LogP contribution in [0.3, 0.4) is 0 Å². The predicted molar refractivity (Wildman–Crippen MR) is 74.9 cm³/mol. The van der Waals surface area contributed by atoms with Gasteiger partial charge in [0.05, 0.1) is 17.1 Å². The van der Waals surface area contributed by atoms with Crippen LogP contribution in [0.1, 0.15) is 24.8 Å². The predicted octanol–water partition coefficient (Wildman–Crippen LogP) is 2.51. The summed E-state index contributed by atoms with van der Waals surface area (Å²) in [5, 5.41) is 0. The number of rotatable bonds is 4. The molecule has 2 bridgehead atoms. The normalized spacial score (nSPS) is 32.7. The van der Waals surface area contributed by atoms with Crippen molar-refractivity contribution in [3.05, 3.63) is 29.8 Å². The van der Waals surface area contributed by atoms with E-state index in [-0.39, 0.29) is 23.0 Å². The third-order valence-corrected chi connectivity index (χ3v) is 5.90. The van der Waals surface area contributed by atoms with Crippen LogP contribution in [0.15, 0.2) is 29.2 Å². The van der Waals surface area contributed by atoms with Crippen LogP contribution in [-0.4, -0.2) is 27.7 Å². The molecule has 1 aromatic carbocycles. The van der Waals surface area contributed by atoms with Gasteiger partial charge in [0.2, 0.25) is 0 Å². The third-order valence-electron chi connectivity index (χ3n) is 4.55. The lowest BCUT2D eigenvalue weighted by molar-refractivity contribution is 0.00513. The summed E-state index contributed by atoms with van der Waals surface area (Å²) >= 11 is 0. The number of methoxy groups -OCH3 is 1. The number of ether oxygens (including phenoxy) is 1. The highest BCUT2D eigenvalue weighted by Gasteiger charge is 2.48. The second-order valence-corrected chi connectivity index (χ2v) is 7.49. The minimum absolute atomic E-state index is 0.145. The van der Waals surface area contributed by atoms with Crippen LogP contribution in [0.5, 0.6) is 0 Å². The first kappa shape index (κ1) is 14.0. The molecule has 0 N–H and O–H groups in total. The molecule has 5 heteroatoms. The Kier molecular flexibility index (Phi) is 3.60. The Labute approximate surface area is 120 Å². The van der Waals surface area contributed by atoms with Crippen LogP contribution in [-0.2, 0) is 19.0 Å². The summed E-state index contributed by atoms with van der Waals surface area (Å²) in [7, 11) is -1.98.